The minimum absolute atomic E-state index is 0.319. The predicted octanol–water partition coefficient (Wildman–Crippen LogP) is 3.70. The molecule has 0 heterocycles. The van der Waals surface area contributed by atoms with E-state index < -0.39 is 0 Å². The number of aliphatic hydroxyl groups excluding tert-OH is 1. The van der Waals surface area contributed by atoms with Crippen LogP contribution in [0.15, 0.2) is 24.3 Å². The molecule has 2 rings (SSSR count). The van der Waals surface area contributed by atoms with Gasteiger partial charge in [-0.15, -0.1) is 0 Å². The molecule has 1 unspecified atom stereocenters. The van der Waals surface area contributed by atoms with Crippen molar-refractivity contribution in [3.05, 3.63) is 35.4 Å². The number of hydrogen-bond acceptors (Lipinski definition) is 2. The molecule has 1 fully saturated rings. The van der Waals surface area contributed by atoms with Crippen LogP contribution in [0.5, 0.6) is 0 Å². The Morgan fingerprint density at radius 3 is 2.30 bits per heavy atom. The highest BCUT2D eigenvalue weighted by Crippen LogP contribution is 2.48. The third-order valence-electron chi connectivity index (χ3n) is 4.51. The smallest absolute Gasteiger partial charge is 0.0436 e. The molecule has 20 heavy (non-hydrogen) atoms. The molecular formula is C18H29NO. The third-order valence-corrected chi connectivity index (χ3v) is 4.51. The lowest BCUT2D eigenvalue weighted by atomic mass is 9.99. The van der Waals surface area contributed by atoms with Crippen molar-refractivity contribution in [3.63, 3.8) is 0 Å². The monoisotopic (exact) mass is 275 g/mol. The van der Waals surface area contributed by atoms with Crippen molar-refractivity contribution in [2.75, 3.05) is 13.2 Å². The highest BCUT2D eigenvalue weighted by atomic mass is 16.3. The number of benzene rings is 1. The maximum atomic E-state index is 9.10. The zero-order chi connectivity index (χ0) is 14.6. The Morgan fingerprint density at radius 2 is 1.80 bits per heavy atom. The molecule has 0 bridgehead atoms. The van der Waals surface area contributed by atoms with E-state index in [-0.39, 0.29) is 0 Å². The van der Waals surface area contributed by atoms with Crippen molar-refractivity contribution in [1.82, 2.24) is 5.32 Å². The molecule has 0 aromatic heterocycles. The van der Waals surface area contributed by atoms with Crippen LogP contribution in [0.3, 0.4) is 0 Å². The topological polar surface area (TPSA) is 32.3 Å². The van der Waals surface area contributed by atoms with E-state index in [4.69, 9.17) is 5.11 Å². The third kappa shape index (κ3) is 4.32. The van der Waals surface area contributed by atoms with Gasteiger partial charge in [0.05, 0.1) is 0 Å². The van der Waals surface area contributed by atoms with E-state index in [1.165, 1.54) is 24.0 Å². The summed E-state index contributed by atoms with van der Waals surface area (Å²) >= 11 is 0. The number of rotatable bonds is 8. The van der Waals surface area contributed by atoms with Crippen molar-refractivity contribution in [3.8, 4) is 0 Å². The normalized spacial score (nSPS) is 18.2. The molecule has 2 heteroatoms. The molecule has 1 aromatic carbocycles. The van der Waals surface area contributed by atoms with Gasteiger partial charge in [0, 0.05) is 19.2 Å². The Kier molecular flexibility index (Phi) is 5.22. The lowest BCUT2D eigenvalue weighted by molar-refractivity contribution is 0.243. The van der Waals surface area contributed by atoms with Crippen LogP contribution in [0.1, 0.15) is 57.2 Å². The quantitative estimate of drug-likeness (QED) is 0.758. The SMILES string of the molecule is CC(C)Cc1ccc(C(C)NCC2(CCO)CC2)cc1. The maximum absolute atomic E-state index is 9.10. The highest BCUT2D eigenvalue weighted by molar-refractivity contribution is 5.25. The van der Waals surface area contributed by atoms with E-state index in [0.717, 1.165) is 19.4 Å². The lowest BCUT2D eigenvalue weighted by Crippen LogP contribution is -2.27. The second-order valence-corrected chi connectivity index (χ2v) is 6.92. The van der Waals surface area contributed by atoms with E-state index in [2.05, 4.69) is 50.4 Å². The second kappa shape index (κ2) is 6.73. The van der Waals surface area contributed by atoms with Gasteiger partial charge >= 0.3 is 0 Å². The van der Waals surface area contributed by atoms with Gasteiger partial charge in [0.15, 0.2) is 0 Å². The van der Waals surface area contributed by atoms with Gasteiger partial charge in [-0.2, -0.15) is 0 Å². The zero-order valence-electron chi connectivity index (χ0n) is 13.2. The molecule has 1 aromatic rings. The number of nitrogens with one attached hydrogen (secondary N) is 1. The highest BCUT2D eigenvalue weighted by Gasteiger charge is 2.41. The van der Waals surface area contributed by atoms with Gasteiger partial charge < -0.3 is 10.4 Å². The Hall–Kier alpha value is -0.860. The van der Waals surface area contributed by atoms with E-state index in [9.17, 15) is 0 Å². The molecular weight excluding hydrogens is 246 g/mol. The summed E-state index contributed by atoms with van der Waals surface area (Å²) in [5.41, 5.74) is 3.17. The Balaban J connectivity index is 1.84. The maximum Gasteiger partial charge on any atom is 0.0436 e. The molecule has 0 saturated heterocycles. The molecule has 1 aliphatic carbocycles. The summed E-state index contributed by atoms with van der Waals surface area (Å²) in [4.78, 5) is 0. The Bertz CT molecular complexity index is 406. The first-order valence-electron chi connectivity index (χ1n) is 7.98. The molecule has 0 spiro atoms. The van der Waals surface area contributed by atoms with Crippen molar-refractivity contribution in [2.24, 2.45) is 11.3 Å². The molecule has 0 aliphatic heterocycles. The molecule has 0 amide bonds. The molecule has 1 saturated carbocycles. The zero-order valence-corrected chi connectivity index (χ0v) is 13.2. The first-order chi connectivity index (χ1) is 9.54. The van der Waals surface area contributed by atoms with Crippen LogP contribution in [0, 0.1) is 11.3 Å². The fraction of sp³-hybridized carbons (Fsp3) is 0.667. The van der Waals surface area contributed by atoms with Gasteiger partial charge in [-0.3, -0.25) is 0 Å². The van der Waals surface area contributed by atoms with Crippen molar-refractivity contribution in [2.45, 2.75) is 52.5 Å². The molecule has 2 nitrogen and oxygen atoms in total. The Labute approximate surface area is 123 Å². The molecule has 1 atom stereocenters. The van der Waals surface area contributed by atoms with Gasteiger partial charge in [-0.05, 0) is 55.1 Å². The van der Waals surface area contributed by atoms with Gasteiger partial charge in [0.2, 0.25) is 0 Å². The average molecular weight is 275 g/mol. The van der Waals surface area contributed by atoms with Gasteiger partial charge in [0.25, 0.3) is 0 Å². The molecule has 2 N–H and O–H groups in total. The minimum atomic E-state index is 0.319. The summed E-state index contributed by atoms with van der Waals surface area (Å²) in [6.45, 7) is 8.09. The van der Waals surface area contributed by atoms with Crippen LogP contribution in [-0.2, 0) is 6.42 Å². The van der Waals surface area contributed by atoms with Crippen LogP contribution in [0.25, 0.3) is 0 Å². The summed E-state index contributed by atoms with van der Waals surface area (Å²) in [5, 5.41) is 12.7. The van der Waals surface area contributed by atoms with Crippen molar-refractivity contribution >= 4 is 0 Å². The summed E-state index contributed by atoms with van der Waals surface area (Å²) in [6, 6.07) is 9.41. The molecule has 1 aliphatic rings. The van der Waals surface area contributed by atoms with Crippen LogP contribution < -0.4 is 5.32 Å². The predicted molar refractivity (Wildman–Crippen MR) is 84.8 cm³/mol. The fourth-order valence-corrected chi connectivity index (χ4v) is 2.83. The van der Waals surface area contributed by atoms with E-state index in [1.54, 1.807) is 0 Å². The van der Waals surface area contributed by atoms with Crippen molar-refractivity contribution < 1.29 is 5.11 Å². The van der Waals surface area contributed by atoms with Crippen LogP contribution in [0.4, 0.5) is 0 Å². The van der Waals surface area contributed by atoms with E-state index in [1.807, 2.05) is 0 Å². The summed E-state index contributed by atoms with van der Waals surface area (Å²) in [6.07, 6.45) is 4.63. The number of hydrogen-bond donors (Lipinski definition) is 2. The van der Waals surface area contributed by atoms with Gasteiger partial charge in [-0.1, -0.05) is 38.1 Å². The van der Waals surface area contributed by atoms with Crippen molar-refractivity contribution in [1.29, 1.82) is 0 Å². The summed E-state index contributed by atoms with van der Waals surface area (Å²) in [5.74, 6) is 0.713. The lowest BCUT2D eigenvalue weighted by Gasteiger charge is -2.20. The first kappa shape index (κ1) is 15.5. The van der Waals surface area contributed by atoms with Gasteiger partial charge in [0.1, 0.15) is 0 Å². The van der Waals surface area contributed by atoms with E-state index in [0.29, 0.717) is 24.0 Å². The molecule has 0 radical (unpaired) electrons. The van der Waals surface area contributed by atoms with Gasteiger partial charge in [-0.25, -0.2) is 0 Å². The molecule has 112 valence electrons. The minimum Gasteiger partial charge on any atom is -0.396 e. The second-order valence-electron chi connectivity index (χ2n) is 6.92. The summed E-state index contributed by atoms with van der Waals surface area (Å²) < 4.78 is 0. The number of aliphatic hydroxyl groups is 1. The first-order valence-corrected chi connectivity index (χ1v) is 7.98. The van der Waals surface area contributed by atoms with Crippen LogP contribution in [-0.4, -0.2) is 18.3 Å². The average Bonchev–Trinajstić information content (AvgIpc) is 3.17. The van der Waals surface area contributed by atoms with Crippen LogP contribution >= 0.6 is 0 Å². The fourth-order valence-electron chi connectivity index (χ4n) is 2.83. The van der Waals surface area contributed by atoms with E-state index >= 15 is 0 Å². The Morgan fingerprint density at radius 1 is 1.15 bits per heavy atom. The van der Waals surface area contributed by atoms with Crippen LogP contribution in [0.2, 0.25) is 0 Å². The standard InChI is InChI=1S/C18H29NO/c1-14(2)12-16-4-6-17(7-5-16)15(3)19-13-18(8-9-18)10-11-20/h4-7,14-15,19-20H,8-13H2,1-3H3. The summed E-state index contributed by atoms with van der Waals surface area (Å²) in [7, 11) is 0. The largest absolute Gasteiger partial charge is 0.396 e.